The van der Waals surface area contributed by atoms with Crippen LogP contribution in [0.15, 0.2) is 0 Å². The van der Waals surface area contributed by atoms with Gasteiger partial charge in [0.25, 0.3) is 0 Å². The second-order valence-corrected chi connectivity index (χ2v) is 4.33. The number of hydrogen-bond donors (Lipinski definition) is 1. The van der Waals surface area contributed by atoms with E-state index in [9.17, 15) is 5.11 Å². The van der Waals surface area contributed by atoms with Crippen LogP contribution >= 0.6 is 0 Å². The maximum Gasteiger partial charge on any atom is 0.235 e. The highest BCUT2D eigenvalue weighted by Gasteiger charge is 2.41. The molecule has 0 saturated heterocycles. The highest BCUT2D eigenvalue weighted by atomic mass is 16.5. The number of aromatic nitrogens is 2. The fourth-order valence-electron chi connectivity index (χ4n) is 1.62. The molecule has 0 amide bonds. The Hall–Kier alpha value is -1.03. The van der Waals surface area contributed by atoms with Crippen LogP contribution in [0, 0.1) is 13.8 Å². The van der Waals surface area contributed by atoms with E-state index in [0.717, 1.165) is 24.1 Å². The number of nitrogens with zero attached hydrogens (tertiary/aromatic N) is 2. The number of hydrogen-bond acceptors (Lipinski definition) is 3. The molecule has 2 rings (SSSR count). The maximum atomic E-state index is 9.84. The summed E-state index contributed by atoms with van der Waals surface area (Å²) in [7, 11) is 0. The van der Waals surface area contributed by atoms with E-state index in [1.165, 1.54) is 0 Å². The second kappa shape index (κ2) is 3.52. The summed E-state index contributed by atoms with van der Waals surface area (Å²) < 4.78 is 7.27. The van der Waals surface area contributed by atoms with Crippen molar-refractivity contribution >= 4 is 0 Å². The molecule has 0 aliphatic heterocycles. The molecule has 1 aromatic rings. The topological polar surface area (TPSA) is 47.3 Å². The molecule has 1 aliphatic rings. The van der Waals surface area contributed by atoms with Crippen molar-refractivity contribution in [3.05, 3.63) is 11.3 Å². The van der Waals surface area contributed by atoms with Crippen LogP contribution in [0.4, 0.5) is 0 Å². The van der Waals surface area contributed by atoms with E-state index in [1.807, 2.05) is 25.5 Å². The molecular formula is C11H18N2O2. The quantitative estimate of drug-likeness (QED) is 0.817. The first kappa shape index (κ1) is 10.5. The van der Waals surface area contributed by atoms with Crippen LogP contribution in [-0.2, 0) is 6.54 Å². The van der Waals surface area contributed by atoms with E-state index in [2.05, 4.69) is 5.10 Å². The van der Waals surface area contributed by atoms with Crippen LogP contribution in [0.1, 0.15) is 31.0 Å². The van der Waals surface area contributed by atoms with Gasteiger partial charge in [-0.3, -0.25) is 4.68 Å². The Kier molecular flexibility index (Phi) is 2.46. The summed E-state index contributed by atoms with van der Waals surface area (Å²) in [5.41, 5.74) is 1.65. The zero-order chi connectivity index (χ0) is 11.1. The lowest BCUT2D eigenvalue weighted by Crippen LogP contribution is -2.18. The highest BCUT2D eigenvalue weighted by Crippen LogP contribution is 2.37. The number of rotatable bonds is 4. The van der Waals surface area contributed by atoms with Crippen molar-refractivity contribution in [3.8, 4) is 5.88 Å². The van der Waals surface area contributed by atoms with Crippen molar-refractivity contribution in [2.24, 2.45) is 0 Å². The van der Waals surface area contributed by atoms with Gasteiger partial charge in [0.1, 0.15) is 0 Å². The van der Waals surface area contributed by atoms with Crippen LogP contribution in [-0.4, -0.2) is 27.1 Å². The van der Waals surface area contributed by atoms with Crippen LogP contribution < -0.4 is 4.74 Å². The van der Waals surface area contributed by atoms with Gasteiger partial charge in [0.15, 0.2) is 0 Å². The van der Waals surface area contributed by atoms with Gasteiger partial charge in [-0.1, -0.05) is 0 Å². The number of aliphatic hydroxyl groups is 1. The lowest BCUT2D eigenvalue weighted by atomic mass is 10.3. The largest absolute Gasteiger partial charge is 0.477 e. The van der Waals surface area contributed by atoms with Crippen LogP contribution in [0.2, 0.25) is 0 Å². The molecule has 1 N–H and O–H groups in total. The van der Waals surface area contributed by atoms with Gasteiger partial charge < -0.3 is 9.84 Å². The second-order valence-electron chi connectivity index (χ2n) is 4.33. The zero-order valence-corrected chi connectivity index (χ0v) is 9.58. The predicted molar refractivity (Wildman–Crippen MR) is 57.1 cm³/mol. The van der Waals surface area contributed by atoms with Crippen LogP contribution in [0.25, 0.3) is 0 Å². The Morgan fingerprint density at radius 1 is 1.47 bits per heavy atom. The average molecular weight is 210 g/mol. The average Bonchev–Trinajstić information content (AvgIpc) is 2.86. The molecule has 0 aromatic carbocycles. The molecule has 0 bridgehead atoms. The lowest BCUT2D eigenvalue weighted by Gasteiger charge is -2.08. The minimum atomic E-state index is -0.507. The zero-order valence-electron chi connectivity index (χ0n) is 9.58. The molecular weight excluding hydrogens is 192 g/mol. The Morgan fingerprint density at radius 3 is 2.67 bits per heavy atom. The first-order valence-electron chi connectivity index (χ1n) is 5.45. The first-order valence-corrected chi connectivity index (χ1v) is 5.45. The van der Waals surface area contributed by atoms with Crippen molar-refractivity contribution in [2.45, 2.75) is 45.8 Å². The van der Waals surface area contributed by atoms with Gasteiger partial charge in [0, 0.05) is 11.3 Å². The predicted octanol–water partition coefficient (Wildman–Crippen LogP) is 1.42. The van der Waals surface area contributed by atoms with Crippen LogP contribution in [0.5, 0.6) is 5.88 Å². The normalized spacial score (nSPS) is 17.9. The third-order valence-electron chi connectivity index (χ3n) is 3.01. The minimum Gasteiger partial charge on any atom is -0.477 e. The van der Waals surface area contributed by atoms with E-state index >= 15 is 0 Å². The molecule has 84 valence electrons. The molecule has 1 fully saturated rings. The molecule has 15 heavy (non-hydrogen) atoms. The molecule has 1 aromatic heterocycles. The van der Waals surface area contributed by atoms with Gasteiger partial charge in [-0.25, -0.2) is 0 Å². The van der Waals surface area contributed by atoms with E-state index < -0.39 is 5.60 Å². The molecule has 4 nitrogen and oxygen atoms in total. The Balaban J connectivity index is 2.20. The van der Waals surface area contributed by atoms with E-state index in [0.29, 0.717) is 19.0 Å². The van der Waals surface area contributed by atoms with E-state index in [4.69, 9.17) is 4.74 Å². The fraction of sp³-hybridized carbons (Fsp3) is 0.727. The van der Waals surface area contributed by atoms with Gasteiger partial charge in [0.05, 0.1) is 18.8 Å². The summed E-state index contributed by atoms with van der Waals surface area (Å²) in [5.74, 6) is 0.694. The monoisotopic (exact) mass is 210 g/mol. The molecule has 1 saturated carbocycles. The van der Waals surface area contributed by atoms with Crippen LogP contribution in [0.3, 0.4) is 0 Å². The summed E-state index contributed by atoms with van der Waals surface area (Å²) in [6.07, 6.45) is 1.77. The molecule has 1 heterocycles. The van der Waals surface area contributed by atoms with Crippen molar-refractivity contribution in [1.82, 2.24) is 9.78 Å². The first-order chi connectivity index (χ1) is 7.06. The lowest BCUT2D eigenvalue weighted by molar-refractivity contribution is 0.123. The van der Waals surface area contributed by atoms with Crippen molar-refractivity contribution in [2.75, 3.05) is 6.61 Å². The summed E-state index contributed by atoms with van der Waals surface area (Å²) >= 11 is 0. The standard InChI is InChI=1S/C11H18N2O2/c1-4-15-10-8(2)9(3)13(12-10)7-11(14)5-6-11/h14H,4-7H2,1-3H3. The van der Waals surface area contributed by atoms with E-state index in [-0.39, 0.29) is 0 Å². The summed E-state index contributed by atoms with van der Waals surface area (Å²) in [5, 5.41) is 14.2. The summed E-state index contributed by atoms with van der Waals surface area (Å²) in [6.45, 7) is 7.17. The SMILES string of the molecule is CCOc1nn(CC2(O)CC2)c(C)c1C. The molecule has 0 spiro atoms. The molecule has 0 radical (unpaired) electrons. The molecule has 0 unspecified atom stereocenters. The van der Waals surface area contributed by atoms with Crippen molar-refractivity contribution in [1.29, 1.82) is 0 Å². The van der Waals surface area contributed by atoms with Gasteiger partial charge in [0.2, 0.25) is 5.88 Å². The van der Waals surface area contributed by atoms with E-state index in [1.54, 1.807) is 0 Å². The smallest absolute Gasteiger partial charge is 0.235 e. The Labute approximate surface area is 89.9 Å². The Bertz CT molecular complexity index is 367. The molecule has 1 aliphatic carbocycles. The third-order valence-corrected chi connectivity index (χ3v) is 3.01. The maximum absolute atomic E-state index is 9.84. The minimum absolute atomic E-state index is 0.507. The highest BCUT2D eigenvalue weighted by molar-refractivity contribution is 5.29. The van der Waals surface area contributed by atoms with Gasteiger partial charge in [-0.2, -0.15) is 0 Å². The van der Waals surface area contributed by atoms with Gasteiger partial charge in [-0.15, -0.1) is 5.10 Å². The Morgan fingerprint density at radius 2 is 2.13 bits per heavy atom. The third kappa shape index (κ3) is 2.00. The molecule has 0 atom stereocenters. The molecule has 4 heteroatoms. The number of ether oxygens (including phenoxy) is 1. The van der Waals surface area contributed by atoms with Gasteiger partial charge >= 0.3 is 0 Å². The van der Waals surface area contributed by atoms with Gasteiger partial charge in [-0.05, 0) is 33.6 Å². The summed E-state index contributed by atoms with van der Waals surface area (Å²) in [4.78, 5) is 0. The van der Waals surface area contributed by atoms with Crippen molar-refractivity contribution in [3.63, 3.8) is 0 Å². The van der Waals surface area contributed by atoms with Crippen molar-refractivity contribution < 1.29 is 9.84 Å². The fourth-order valence-corrected chi connectivity index (χ4v) is 1.62. The summed E-state index contributed by atoms with van der Waals surface area (Å²) in [6, 6.07) is 0.